The predicted octanol–water partition coefficient (Wildman–Crippen LogP) is 3.13. The van der Waals surface area contributed by atoms with Gasteiger partial charge >= 0.3 is 5.97 Å². The van der Waals surface area contributed by atoms with Crippen molar-refractivity contribution in [3.8, 4) is 0 Å². The lowest BCUT2D eigenvalue weighted by molar-refractivity contribution is -0.150. The second-order valence-corrected chi connectivity index (χ2v) is 11.7. The van der Waals surface area contributed by atoms with Crippen LogP contribution in [0, 0.1) is 0 Å². The Bertz CT molecular complexity index is 1330. The average Bonchev–Trinajstić information content (AvgIpc) is 2.87. The van der Waals surface area contributed by atoms with Gasteiger partial charge in [-0.3, -0.25) is 14.5 Å². The number of allylic oxidation sites excluding steroid dienone is 1. The molecule has 0 unspecified atom stereocenters. The monoisotopic (exact) mass is 598 g/mol. The van der Waals surface area contributed by atoms with E-state index < -0.39 is 23.3 Å². The third-order valence-corrected chi connectivity index (χ3v) is 9.27. The number of thioether (sulfide) groups is 3. The van der Waals surface area contributed by atoms with Crippen LogP contribution in [0.5, 0.6) is 0 Å². The number of benzene rings is 1. The summed E-state index contributed by atoms with van der Waals surface area (Å²) in [4.78, 5) is 47.1. The van der Waals surface area contributed by atoms with Gasteiger partial charge in [0.25, 0.3) is 5.91 Å². The van der Waals surface area contributed by atoms with Crippen molar-refractivity contribution in [2.24, 2.45) is 0 Å². The molecule has 3 heterocycles. The molecule has 194 valence electrons. The Morgan fingerprint density at radius 1 is 1.27 bits per heavy atom. The highest BCUT2D eigenvalue weighted by Gasteiger charge is 2.53. The van der Waals surface area contributed by atoms with Crippen molar-refractivity contribution >= 4 is 87.8 Å². The number of fused-ring (bicyclic) bond motifs is 1. The number of β-lactam (4-membered cyclic amide) rings is 1. The van der Waals surface area contributed by atoms with E-state index in [2.05, 4.69) is 15.3 Å². The zero-order chi connectivity index (χ0) is 26.7. The Hall–Kier alpha value is -2.58. The van der Waals surface area contributed by atoms with Crippen LogP contribution in [0.15, 0.2) is 57.9 Å². The summed E-state index contributed by atoms with van der Waals surface area (Å²) in [5.74, 6) is -1.03. The minimum Gasteiger partial charge on any atom is -0.477 e. The molecule has 1 aromatic carbocycles. The van der Waals surface area contributed by atoms with Gasteiger partial charge in [0.1, 0.15) is 34.2 Å². The molecule has 2 aromatic rings. The molecule has 0 bridgehead atoms. The number of carboxylic acid groups (broad SMARTS) is 1. The van der Waals surface area contributed by atoms with Crippen LogP contribution < -0.4 is 16.8 Å². The molecule has 0 spiro atoms. The molecule has 1 saturated heterocycles. The van der Waals surface area contributed by atoms with Crippen LogP contribution in [-0.2, 0) is 14.4 Å². The molecule has 1 fully saturated rings. The van der Waals surface area contributed by atoms with E-state index in [1.54, 1.807) is 30.4 Å². The fourth-order valence-corrected chi connectivity index (χ4v) is 6.90. The molecule has 0 aliphatic carbocycles. The number of amides is 2. The van der Waals surface area contributed by atoms with Crippen LogP contribution in [0.1, 0.15) is 0 Å². The summed E-state index contributed by atoms with van der Waals surface area (Å²) in [7, 11) is 0. The van der Waals surface area contributed by atoms with Gasteiger partial charge in [0.05, 0.1) is 10.8 Å². The maximum Gasteiger partial charge on any atom is 0.352 e. The average molecular weight is 600 g/mol. The fourth-order valence-electron chi connectivity index (χ4n) is 3.54. The quantitative estimate of drug-likeness (QED) is 0.190. The van der Waals surface area contributed by atoms with Gasteiger partial charge in [-0.2, -0.15) is 0 Å². The number of carboxylic acids is 1. The summed E-state index contributed by atoms with van der Waals surface area (Å²) < 4.78 is 0. The number of carbonyl (C=O) groups excluding carboxylic acids is 2. The lowest BCUT2D eigenvalue weighted by Crippen LogP contribution is -2.70. The van der Waals surface area contributed by atoms with Crippen LogP contribution in [0.3, 0.4) is 0 Å². The molecule has 2 aliphatic heterocycles. The van der Waals surface area contributed by atoms with Crippen molar-refractivity contribution in [2.45, 2.75) is 21.3 Å². The number of anilines is 2. The van der Waals surface area contributed by atoms with E-state index in [0.29, 0.717) is 37.0 Å². The second kappa shape index (κ2) is 11.9. The SMILES string of the molecule is Nc1ncnc(SCC=CC2=C(C(=O)O)N3C(=O)[C@@H](NC(=O)CSc4cc(Cl)ccc4Cl)[C@H]3SC2)c1N. The smallest absolute Gasteiger partial charge is 0.352 e. The number of nitrogens with two attached hydrogens (primary N) is 2. The van der Waals surface area contributed by atoms with E-state index >= 15 is 0 Å². The number of halogens is 2. The second-order valence-electron chi connectivity index (χ2n) is 7.69. The number of aliphatic carboxylic acids is 1. The third kappa shape index (κ3) is 6.12. The van der Waals surface area contributed by atoms with E-state index in [1.165, 1.54) is 46.5 Å². The molecule has 2 aliphatic rings. The minimum atomic E-state index is -1.21. The number of nitrogens with zero attached hydrogens (tertiary/aromatic N) is 3. The third-order valence-electron chi connectivity index (χ3n) is 5.28. The molecule has 15 heteroatoms. The summed E-state index contributed by atoms with van der Waals surface area (Å²) in [5.41, 5.74) is 12.2. The number of hydrogen-bond donors (Lipinski definition) is 4. The first-order valence-electron chi connectivity index (χ1n) is 10.6. The van der Waals surface area contributed by atoms with Gasteiger partial charge in [-0.15, -0.1) is 23.5 Å². The van der Waals surface area contributed by atoms with Gasteiger partial charge < -0.3 is 21.9 Å². The summed E-state index contributed by atoms with van der Waals surface area (Å²) >= 11 is 16.0. The van der Waals surface area contributed by atoms with E-state index in [4.69, 9.17) is 34.7 Å². The zero-order valence-electron chi connectivity index (χ0n) is 18.9. The standard InChI is InChI=1S/C22H20Cl2N6O4S3/c23-11-3-4-12(24)13(6-11)36-8-14(31)29-16-20(32)30-17(22(33)34)10(7-37-21(16)30)2-1-5-35-19-15(25)18(26)27-9-28-19/h1-4,6,9,16,21H,5,7-8,25H2,(H,29,31)(H,33,34)(H2,26,27,28)/t16-,21-/m1/s1. The first kappa shape index (κ1) is 27.5. The molecule has 2 amide bonds. The molecular formula is C22H20Cl2N6O4S3. The Morgan fingerprint density at radius 3 is 2.81 bits per heavy atom. The molecule has 37 heavy (non-hydrogen) atoms. The number of nitrogen functional groups attached to an aromatic ring is 2. The summed E-state index contributed by atoms with van der Waals surface area (Å²) in [6, 6.07) is 4.14. The van der Waals surface area contributed by atoms with Crippen LogP contribution in [0.4, 0.5) is 11.5 Å². The van der Waals surface area contributed by atoms with Crippen LogP contribution in [0.25, 0.3) is 0 Å². The van der Waals surface area contributed by atoms with Crippen LogP contribution in [0.2, 0.25) is 10.0 Å². The van der Waals surface area contributed by atoms with Crippen molar-refractivity contribution in [3.63, 3.8) is 0 Å². The zero-order valence-corrected chi connectivity index (χ0v) is 22.9. The lowest BCUT2D eigenvalue weighted by atomic mass is 10.0. The largest absolute Gasteiger partial charge is 0.477 e. The maximum atomic E-state index is 12.8. The highest BCUT2D eigenvalue weighted by Crippen LogP contribution is 2.41. The van der Waals surface area contributed by atoms with Crippen molar-refractivity contribution in [2.75, 3.05) is 28.7 Å². The lowest BCUT2D eigenvalue weighted by Gasteiger charge is -2.49. The van der Waals surface area contributed by atoms with Crippen molar-refractivity contribution < 1.29 is 19.5 Å². The van der Waals surface area contributed by atoms with Gasteiger partial charge in [0.2, 0.25) is 5.91 Å². The Labute approximate surface area is 234 Å². The molecule has 1 aromatic heterocycles. The summed E-state index contributed by atoms with van der Waals surface area (Å²) in [6.45, 7) is 0. The molecule has 0 saturated carbocycles. The Morgan fingerprint density at radius 2 is 2.05 bits per heavy atom. The molecule has 0 radical (unpaired) electrons. The number of aromatic nitrogens is 2. The normalized spacial score (nSPS) is 19.1. The first-order chi connectivity index (χ1) is 17.7. The molecule has 2 atom stereocenters. The van der Waals surface area contributed by atoms with Crippen molar-refractivity contribution in [1.29, 1.82) is 0 Å². The van der Waals surface area contributed by atoms with E-state index in [9.17, 15) is 19.5 Å². The van der Waals surface area contributed by atoms with E-state index in [-0.39, 0.29) is 28.9 Å². The number of rotatable bonds is 9. The van der Waals surface area contributed by atoms with Gasteiger partial charge in [-0.25, -0.2) is 14.8 Å². The number of hydrogen-bond acceptors (Lipinski definition) is 10. The van der Waals surface area contributed by atoms with Crippen LogP contribution in [-0.4, -0.2) is 66.4 Å². The predicted molar refractivity (Wildman–Crippen MR) is 148 cm³/mol. The topological polar surface area (TPSA) is 165 Å². The molecule has 10 nitrogen and oxygen atoms in total. The molecule has 6 N–H and O–H groups in total. The van der Waals surface area contributed by atoms with Crippen LogP contribution >= 0.6 is 58.5 Å². The highest BCUT2D eigenvalue weighted by atomic mass is 35.5. The maximum absolute atomic E-state index is 12.8. The Kier molecular flexibility index (Phi) is 8.80. The Balaban J connectivity index is 1.37. The van der Waals surface area contributed by atoms with Gasteiger partial charge in [0.15, 0.2) is 5.82 Å². The van der Waals surface area contributed by atoms with Gasteiger partial charge in [-0.05, 0) is 23.8 Å². The summed E-state index contributed by atoms with van der Waals surface area (Å²) in [5, 5.41) is 13.5. The van der Waals surface area contributed by atoms with Crippen molar-refractivity contribution in [1.82, 2.24) is 20.2 Å². The summed E-state index contributed by atoms with van der Waals surface area (Å²) in [6.07, 6.45) is 4.75. The number of nitrogens with one attached hydrogen (secondary N) is 1. The fraction of sp³-hybridized carbons (Fsp3) is 0.227. The molecular weight excluding hydrogens is 579 g/mol. The number of carbonyl (C=O) groups is 3. The highest BCUT2D eigenvalue weighted by molar-refractivity contribution is 8.00. The van der Waals surface area contributed by atoms with E-state index in [0.717, 1.165) is 0 Å². The van der Waals surface area contributed by atoms with Gasteiger partial charge in [-0.1, -0.05) is 47.1 Å². The van der Waals surface area contributed by atoms with Crippen molar-refractivity contribution in [3.05, 3.63) is 58.0 Å². The van der Waals surface area contributed by atoms with Gasteiger partial charge in [0, 0.05) is 21.4 Å². The first-order valence-corrected chi connectivity index (χ1v) is 14.4. The molecule has 4 rings (SSSR count). The minimum absolute atomic E-state index is 0.0248. The van der Waals surface area contributed by atoms with E-state index in [1.807, 2.05) is 0 Å².